The Balaban J connectivity index is 1.99. The molecule has 1 aromatic carbocycles. The topological polar surface area (TPSA) is 43.8 Å². The van der Waals surface area contributed by atoms with Crippen LogP contribution in [-0.4, -0.2) is 52.6 Å². The second-order valence-corrected chi connectivity index (χ2v) is 6.31. The van der Waals surface area contributed by atoms with Gasteiger partial charge in [-0.15, -0.1) is 0 Å². The molecule has 1 saturated heterocycles. The number of nitrogens with zero attached hydrogens (tertiary/aromatic N) is 2. The number of likely N-dealkylation sites (tertiary alicyclic amines) is 1. The molecular formula is C18H27FN2O2. The van der Waals surface area contributed by atoms with Crippen LogP contribution in [0.4, 0.5) is 4.39 Å². The number of piperidine rings is 1. The monoisotopic (exact) mass is 322 g/mol. The molecule has 23 heavy (non-hydrogen) atoms. The number of halogens is 1. The Morgan fingerprint density at radius 3 is 2.91 bits per heavy atom. The van der Waals surface area contributed by atoms with Crippen LogP contribution in [0.1, 0.15) is 38.7 Å². The Bertz CT molecular complexity index is 521. The van der Waals surface area contributed by atoms with Crippen molar-refractivity contribution in [3.63, 3.8) is 0 Å². The lowest BCUT2D eigenvalue weighted by Crippen LogP contribution is -2.50. The molecule has 2 atom stereocenters. The molecule has 1 amide bonds. The van der Waals surface area contributed by atoms with Gasteiger partial charge in [0.2, 0.25) is 5.91 Å². The first-order valence-electron chi connectivity index (χ1n) is 8.45. The number of aliphatic hydroxyl groups excluding tert-OH is 1. The van der Waals surface area contributed by atoms with E-state index in [-0.39, 0.29) is 17.8 Å². The summed E-state index contributed by atoms with van der Waals surface area (Å²) in [4.78, 5) is 16.4. The highest BCUT2D eigenvalue weighted by Crippen LogP contribution is 2.20. The molecule has 128 valence electrons. The number of hydrogen-bond donors (Lipinski definition) is 1. The fraction of sp³-hybridized carbons (Fsp3) is 0.611. The molecule has 1 heterocycles. The van der Waals surface area contributed by atoms with Crippen LogP contribution in [0.2, 0.25) is 0 Å². The predicted molar refractivity (Wildman–Crippen MR) is 88.4 cm³/mol. The summed E-state index contributed by atoms with van der Waals surface area (Å²) in [6, 6.07) is 6.42. The third kappa shape index (κ3) is 5.01. The molecule has 0 aromatic heterocycles. The van der Waals surface area contributed by atoms with E-state index in [0.29, 0.717) is 19.6 Å². The van der Waals surface area contributed by atoms with E-state index in [0.717, 1.165) is 31.4 Å². The van der Waals surface area contributed by atoms with Crippen molar-refractivity contribution in [3.05, 3.63) is 35.6 Å². The Hall–Kier alpha value is -1.46. The van der Waals surface area contributed by atoms with Crippen molar-refractivity contribution in [2.45, 2.75) is 51.8 Å². The number of carbonyl (C=O) groups excluding carboxylic acids is 1. The van der Waals surface area contributed by atoms with Crippen molar-refractivity contribution in [3.8, 4) is 0 Å². The van der Waals surface area contributed by atoms with Crippen LogP contribution < -0.4 is 0 Å². The molecule has 0 spiro atoms. The maximum atomic E-state index is 13.3. The second-order valence-electron chi connectivity index (χ2n) is 6.31. The number of carbonyl (C=O) groups is 1. The minimum Gasteiger partial charge on any atom is -0.392 e. The van der Waals surface area contributed by atoms with Gasteiger partial charge in [0.25, 0.3) is 0 Å². The Morgan fingerprint density at radius 2 is 2.26 bits per heavy atom. The summed E-state index contributed by atoms with van der Waals surface area (Å²) in [5.41, 5.74) is 0.797. The Morgan fingerprint density at radius 1 is 1.48 bits per heavy atom. The molecule has 1 aromatic rings. The molecule has 0 radical (unpaired) electrons. The Kier molecular flexibility index (Phi) is 6.54. The van der Waals surface area contributed by atoms with E-state index in [1.54, 1.807) is 17.9 Å². The molecule has 5 heteroatoms. The van der Waals surface area contributed by atoms with Gasteiger partial charge in [-0.1, -0.05) is 18.6 Å². The van der Waals surface area contributed by atoms with Crippen molar-refractivity contribution in [2.24, 2.45) is 0 Å². The summed E-state index contributed by atoms with van der Waals surface area (Å²) < 4.78 is 13.3. The summed E-state index contributed by atoms with van der Waals surface area (Å²) in [7, 11) is 0. The van der Waals surface area contributed by atoms with Crippen molar-refractivity contribution in [2.75, 3.05) is 19.6 Å². The van der Waals surface area contributed by atoms with Crippen molar-refractivity contribution in [1.82, 2.24) is 9.80 Å². The molecule has 0 bridgehead atoms. The van der Waals surface area contributed by atoms with Gasteiger partial charge in [0.1, 0.15) is 5.82 Å². The normalized spacial score (nSPS) is 20.3. The van der Waals surface area contributed by atoms with E-state index >= 15 is 0 Å². The molecule has 1 aliphatic heterocycles. The van der Waals surface area contributed by atoms with Crippen LogP contribution in [-0.2, 0) is 11.3 Å². The second kappa shape index (κ2) is 8.41. The van der Waals surface area contributed by atoms with Crippen molar-refractivity contribution >= 4 is 5.91 Å². The average molecular weight is 322 g/mol. The van der Waals surface area contributed by atoms with E-state index in [1.807, 2.05) is 13.0 Å². The van der Waals surface area contributed by atoms with Crippen LogP contribution in [0.3, 0.4) is 0 Å². The maximum absolute atomic E-state index is 13.3. The van der Waals surface area contributed by atoms with Gasteiger partial charge < -0.3 is 10.0 Å². The highest BCUT2D eigenvalue weighted by atomic mass is 19.1. The van der Waals surface area contributed by atoms with Crippen LogP contribution in [0.25, 0.3) is 0 Å². The molecule has 2 unspecified atom stereocenters. The summed E-state index contributed by atoms with van der Waals surface area (Å²) in [5, 5.41) is 9.91. The van der Waals surface area contributed by atoms with Gasteiger partial charge >= 0.3 is 0 Å². The lowest BCUT2D eigenvalue weighted by Gasteiger charge is -2.38. The Labute approximate surface area is 137 Å². The van der Waals surface area contributed by atoms with Gasteiger partial charge in [-0.25, -0.2) is 4.39 Å². The zero-order valence-corrected chi connectivity index (χ0v) is 14.0. The number of likely N-dealkylation sites (N-methyl/N-ethyl adjacent to an activating group) is 1. The van der Waals surface area contributed by atoms with Crippen LogP contribution in [0, 0.1) is 5.82 Å². The minimum absolute atomic E-state index is 0.0318. The SMILES string of the molecule is CCN(Cc1cccc(F)c1)C(=O)CN1CCCCC1C(C)O. The quantitative estimate of drug-likeness (QED) is 0.875. The first-order valence-corrected chi connectivity index (χ1v) is 8.45. The number of benzene rings is 1. The summed E-state index contributed by atoms with van der Waals surface area (Å²) in [6.07, 6.45) is 2.66. The van der Waals surface area contributed by atoms with E-state index in [1.165, 1.54) is 12.1 Å². The molecule has 4 nitrogen and oxygen atoms in total. The van der Waals surface area contributed by atoms with Gasteiger partial charge in [0.05, 0.1) is 12.6 Å². The van der Waals surface area contributed by atoms with Gasteiger partial charge in [-0.3, -0.25) is 9.69 Å². The van der Waals surface area contributed by atoms with Crippen molar-refractivity contribution < 1.29 is 14.3 Å². The molecule has 1 aliphatic rings. The summed E-state index contributed by atoms with van der Waals surface area (Å²) >= 11 is 0. The highest BCUT2D eigenvalue weighted by Gasteiger charge is 2.28. The highest BCUT2D eigenvalue weighted by molar-refractivity contribution is 5.78. The third-order valence-corrected chi connectivity index (χ3v) is 4.56. The van der Waals surface area contributed by atoms with E-state index in [4.69, 9.17) is 0 Å². The lowest BCUT2D eigenvalue weighted by atomic mass is 9.98. The van der Waals surface area contributed by atoms with E-state index < -0.39 is 6.10 Å². The van der Waals surface area contributed by atoms with Gasteiger partial charge in [-0.2, -0.15) is 0 Å². The van der Waals surface area contributed by atoms with Gasteiger partial charge in [-0.05, 0) is 50.9 Å². The maximum Gasteiger partial charge on any atom is 0.237 e. The molecule has 0 saturated carbocycles. The summed E-state index contributed by atoms with van der Waals surface area (Å²) in [6.45, 7) is 5.89. The third-order valence-electron chi connectivity index (χ3n) is 4.56. The number of aliphatic hydroxyl groups is 1. The number of hydrogen-bond acceptors (Lipinski definition) is 3. The molecule has 2 rings (SSSR count). The minimum atomic E-state index is -0.429. The fourth-order valence-electron chi connectivity index (χ4n) is 3.27. The molecule has 0 aliphatic carbocycles. The lowest BCUT2D eigenvalue weighted by molar-refractivity contribution is -0.134. The fourth-order valence-corrected chi connectivity index (χ4v) is 3.27. The first kappa shape index (κ1) is 17.9. The first-order chi connectivity index (χ1) is 11.0. The number of amides is 1. The average Bonchev–Trinajstić information content (AvgIpc) is 2.53. The van der Waals surface area contributed by atoms with E-state index in [2.05, 4.69) is 4.90 Å². The van der Waals surface area contributed by atoms with Gasteiger partial charge in [0, 0.05) is 19.1 Å². The van der Waals surface area contributed by atoms with E-state index in [9.17, 15) is 14.3 Å². The predicted octanol–water partition coefficient (Wildman–Crippen LogP) is 2.41. The molecular weight excluding hydrogens is 295 g/mol. The van der Waals surface area contributed by atoms with Crippen molar-refractivity contribution in [1.29, 1.82) is 0 Å². The number of rotatable bonds is 6. The van der Waals surface area contributed by atoms with Crippen LogP contribution in [0.15, 0.2) is 24.3 Å². The van der Waals surface area contributed by atoms with Crippen LogP contribution >= 0.6 is 0 Å². The zero-order chi connectivity index (χ0) is 16.8. The molecule has 1 fully saturated rings. The standard InChI is InChI=1S/C18H27FN2O2/c1-3-20(12-15-7-6-8-16(19)11-15)18(23)13-21-10-5-4-9-17(21)14(2)22/h6-8,11,14,17,22H,3-5,9-10,12-13H2,1-2H3. The smallest absolute Gasteiger partial charge is 0.237 e. The van der Waals surface area contributed by atoms with Crippen LogP contribution in [0.5, 0.6) is 0 Å². The van der Waals surface area contributed by atoms with Gasteiger partial charge in [0.15, 0.2) is 0 Å². The summed E-state index contributed by atoms with van der Waals surface area (Å²) in [5.74, 6) is -0.250. The molecule has 1 N–H and O–H groups in total. The zero-order valence-electron chi connectivity index (χ0n) is 14.0. The largest absolute Gasteiger partial charge is 0.392 e.